The van der Waals surface area contributed by atoms with Crippen LogP contribution in [-0.4, -0.2) is 17.1 Å². The van der Waals surface area contributed by atoms with Gasteiger partial charge < -0.3 is 4.74 Å². The number of pyridine rings is 1. The molecule has 4 aromatic rings. The Morgan fingerprint density at radius 2 is 1.86 bits per heavy atom. The van der Waals surface area contributed by atoms with Crippen LogP contribution in [0.25, 0.3) is 27.0 Å². The first-order valence-electron chi connectivity index (χ1n) is 9.19. The summed E-state index contributed by atoms with van der Waals surface area (Å²) in [5, 5.41) is 0.746. The van der Waals surface area contributed by atoms with Gasteiger partial charge in [-0.15, -0.1) is 11.3 Å². The van der Waals surface area contributed by atoms with Crippen LogP contribution in [-0.2, 0) is 4.74 Å². The fourth-order valence-electron chi connectivity index (χ4n) is 3.42. The number of para-hydroxylation sites is 1. The molecule has 0 amide bonds. The molecule has 0 atom stereocenters. The van der Waals surface area contributed by atoms with E-state index in [0.29, 0.717) is 26.5 Å². The number of aryl methyl sites for hydroxylation is 1. The Labute approximate surface area is 170 Å². The molecule has 146 valence electrons. The molecule has 0 aliphatic rings. The van der Waals surface area contributed by atoms with E-state index in [2.05, 4.69) is 0 Å². The predicted octanol–water partition coefficient (Wildman–Crippen LogP) is 5.34. The summed E-state index contributed by atoms with van der Waals surface area (Å²) >= 11 is 1.21. The standard InChI is InChI=1S/C23H18FNO3S/c1-3-28-23(27)21-20(17-10-9-15(24)13-14(17)2)18-11-12-19(26)25(22(18)29-21)16-7-5-4-6-8-16/h4-13H,3H2,1-2H3. The third-order valence-corrected chi connectivity index (χ3v) is 5.85. The summed E-state index contributed by atoms with van der Waals surface area (Å²) in [7, 11) is 0. The normalized spacial score (nSPS) is 11.0. The molecule has 2 aromatic heterocycles. The summed E-state index contributed by atoms with van der Waals surface area (Å²) in [5.41, 5.74) is 2.61. The van der Waals surface area contributed by atoms with Gasteiger partial charge in [0.15, 0.2) is 0 Å². The molecule has 2 heterocycles. The van der Waals surface area contributed by atoms with Crippen molar-refractivity contribution in [2.45, 2.75) is 13.8 Å². The molecule has 6 heteroatoms. The Morgan fingerprint density at radius 3 is 2.55 bits per heavy atom. The van der Waals surface area contributed by atoms with Crippen LogP contribution in [0.3, 0.4) is 0 Å². The van der Waals surface area contributed by atoms with Crippen molar-refractivity contribution >= 4 is 27.5 Å². The Kier molecular flexibility index (Phi) is 5.03. The molecule has 2 aromatic carbocycles. The number of rotatable bonds is 4. The second kappa shape index (κ2) is 7.64. The number of esters is 1. The SMILES string of the molecule is CCOC(=O)c1sc2c(ccc(=O)n2-c2ccccc2)c1-c1ccc(F)cc1C. The molecule has 4 nitrogen and oxygen atoms in total. The first kappa shape index (κ1) is 19.1. The minimum Gasteiger partial charge on any atom is -0.462 e. The molecule has 0 spiro atoms. The average molecular weight is 407 g/mol. The highest BCUT2D eigenvalue weighted by Gasteiger charge is 2.24. The quantitative estimate of drug-likeness (QED) is 0.429. The minimum atomic E-state index is -0.459. The number of aromatic nitrogens is 1. The van der Waals surface area contributed by atoms with Gasteiger partial charge in [0.2, 0.25) is 0 Å². The molecule has 0 unspecified atom stereocenters. The fraction of sp³-hybridized carbons (Fsp3) is 0.130. The lowest BCUT2D eigenvalue weighted by Gasteiger charge is -2.09. The van der Waals surface area contributed by atoms with Gasteiger partial charge in [-0.1, -0.05) is 24.3 Å². The van der Waals surface area contributed by atoms with Crippen molar-refractivity contribution in [3.63, 3.8) is 0 Å². The van der Waals surface area contributed by atoms with E-state index in [9.17, 15) is 14.0 Å². The Morgan fingerprint density at radius 1 is 1.10 bits per heavy atom. The first-order valence-corrected chi connectivity index (χ1v) is 10.0. The van der Waals surface area contributed by atoms with E-state index in [-0.39, 0.29) is 18.0 Å². The van der Waals surface area contributed by atoms with Gasteiger partial charge in [-0.25, -0.2) is 9.18 Å². The summed E-state index contributed by atoms with van der Waals surface area (Å²) < 4.78 is 20.5. The van der Waals surface area contributed by atoms with E-state index in [1.807, 2.05) is 30.3 Å². The lowest BCUT2D eigenvalue weighted by atomic mass is 9.98. The Hall–Kier alpha value is -3.25. The Bertz CT molecular complexity index is 1270. The van der Waals surface area contributed by atoms with Gasteiger partial charge in [0.1, 0.15) is 15.5 Å². The number of hydrogen-bond acceptors (Lipinski definition) is 4. The van der Waals surface area contributed by atoms with Crippen molar-refractivity contribution in [1.82, 2.24) is 4.57 Å². The zero-order valence-corrected chi connectivity index (χ0v) is 16.8. The van der Waals surface area contributed by atoms with Crippen molar-refractivity contribution in [2.24, 2.45) is 0 Å². The van der Waals surface area contributed by atoms with Gasteiger partial charge in [-0.2, -0.15) is 0 Å². The number of thiophene rings is 1. The van der Waals surface area contributed by atoms with Crippen LogP contribution in [0.15, 0.2) is 65.5 Å². The van der Waals surface area contributed by atoms with Crippen molar-refractivity contribution in [3.8, 4) is 16.8 Å². The predicted molar refractivity (Wildman–Crippen MR) is 114 cm³/mol. The van der Waals surface area contributed by atoms with Gasteiger partial charge in [0.25, 0.3) is 5.56 Å². The van der Waals surface area contributed by atoms with Gasteiger partial charge in [-0.3, -0.25) is 9.36 Å². The molecule has 0 bridgehead atoms. The van der Waals surface area contributed by atoms with E-state index in [4.69, 9.17) is 4.74 Å². The molecule has 0 N–H and O–H groups in total. The summed E-state index contributed by atoms with van der Waals surface area (Å²) in [6.45, 7) is 3.78. The minimum absolute atomic E-state index is 0.192. The summed E-state index contributed by atoms with van der Waals surface area (Å²) in [6, 6.07) is 16.9. The maximum atomic E-state index is 13.7. The van der Waals surface area contributed by atoms with Crippen LogP contribution in [0.2, 0.25) is 0 Å². The number of hydrogen-bond donors (Lipinski definition) is 0. The highest BCUT2D eigenvalue weighted by atomic mass is 32.1. The molecule has 4 rings (SSSR count). The van der Waals surface area contributed by atoms with E-state index in [0.717, 1.165) is 10.9 Å². The van der Waals surface area contributed by atoms with Crippen LogP contribution in [0.1, 0.15) is 22.2 Å². The molecule has 0 saturated carbocycles. The summed E-state index contributed by atoms with van der Waals surface area (Å²) in [4.78, 5) is 26.5. The second-order valence-electron chi connectivity index (χ2n) is 6.55. The highest BCUT2D eigenvalue weighted by molar-refractivity contribution is 7.21. The van der Waals surface area contributed by atoms with E-state index < -0.39 is 5.97 Å². The zero-order valence-electron chi connectivity index (χ0n) is 15.9. The van der Waals surface area contributed by atoms with E-state index in [1.165, 1.54) is 29.5 Å². The van der Waals surface area contributed by atoms with E-state index in [1.54, 1.807) is 30.5 Å². The maximum Gasteiger partial charge on any atom is 0.349 e. The monoisotopic (exact) mass is 407 g/mol. The third kappa shape index (κ3) is 3.36. The van der Waals surface area contributed by atoms with Crippen LogP contribution in [0, 0.1) is 12.7 Å². The molecule has 0 radical (unpaired) electrons. The van der Waals surface area contributed by atoms with Gasteiger partial charge >= 0.3 is 5.97 Å². The van der Waals surface area contributed by atoms with Crippen LogP contribution >= 0.6 is 11.3 Å². The largest absolute Gasteiger partial charge is 0.462 e. The highest BCUT2D eigenvalue weighted by Crippen LogP contribution is 2.40. The number of ether oxygens (including phenoxy) is 1. The molecule has 0 fully saturated rings. The van der Waals surface area contributed by atoms with Gasteiger partial charge in [0.05, 0.1) is 12.3 Å². The number of carbonyl (C=O) groups excluding carboxylic acids is 1. The van der Waals surface area contributed by atoms with Crippen LogP contribution in [0.4, 0.5) is 4.39 Å². The molecule has 0 aliphatic carbocycles. The topological polar surface area (TPSA) is 48.3 Å². The third-order valence-electron chi connectivity index (χ3n) is 4.67. The second-order valence-corrected chi connectivity index (χ2v) is 7.55. The summed E-state index contributed by atoms with van der Waals surface area (Å²) in [6.07, 6.45) is 0. The zero-order chi connectivity index (χ0) is 20.5. The lowest BCUT2D eigenvalue weighted by molar-refractivity contribution is 0.0533. The molecular formula is C23H18FNO3S. The number of benzene rings is 2. The van der Waals surface area contributed by atoms with Crippen molar-refractivity contribution < 1.29 is 13.9 Å². The Balaban J connectivity index is 2.10. The number of fused-ring (bicyclic) bond motifs is 1. The van der Waals surface area contributed by atoms with Crippen molar-refractivity contribution in [1.29, 1.82) is 0 Å². The molecule has 0 saturated heterocycles. The maximum absolute atomic E-state index is 13.7. The number of halogens is 1. The van der Waals surface area contributed by atoms with Crippen molar-refractivity contribution in [2.75, 3.05) is 6.61 Å². The first-order chi connectivity index (χ1) is 14.0. The van der Waals surface area contributed by atoms with Crippen LogP contribution < -0.4 is 5.56 Å². The smallest absolute Gasteiger partial charge is 0.349 e. The lowest BCUT2D eigenvalue weighted by Crippen LogP contribution is -2.16. The van der Waals surface area contributed by atoms with Gasteiger partial charge in [-0.05, 0) is 55.3 Å². The molecule has 0 aliphatic heterocycles. The van der Waals surface area contributed by atoms with Crippen LogP contribution in [0.5, 0.6) is 0 Å². The summed E-state index contributed by atoms with van der Waals surface area (Å²) in [5.74, 6) is -0.802. The average Bonchev–Trinajstić information content (AvgIpc) is 3.08. The van der Waals surface area contributed by atoms with Crippen molar-refractivity contribution in [3.05, 3.63) is 87.3 Å². The molecule has 29 heavy (non-hydrogen) atoms. The van der Waals surface area contributed by atoms with E-state index >= 15 is 0 Å². The fourth-order valence-corrected chi connectivity index (χ4v) is 4.64. The number of carbonyl (C=O) groups is 1. The van der Waals surface area contributed by atoms with Gasteiger partial charge in [0, 0.05) is 17.0 Å². The number of nitrogens with zero attached hydrogens (tertiary/aromatic N) is 1. The molecular weight excluding hydrogens is 389 g/mol.